The number of hydrogen-bond acceptors (Lipinski definition) is 4. The van der Waals surface area contributed by atoms with E-state index in [4.69, 9.17) is 5.73 Å². The number of aryl methyl sites for hydroxylation is 3. The van der Waals surface area contributed by atoms with Crippen LogP contribution in [0.15, 0.2) is 18.3 Å². The third kappa shape index (κ3) is 2.70. The summed E-state index contributed by atoms with van der Waals surface area (Å²) in [6.45, 7) is 6.10. The molecule has 1 unspecified atom stereocenters. The topological polar surface area (TPSA) is 51.8 Å². The Morgan fingerprint density at radius 3 is 2.71 bits per heavy atom. The number of hydrogen-bond donors (Lipinski definition) is 1. The van der Waals surface area contributed by atoms with Crippen LogP contribution in [0.25, 0.3) is 0 Å². The van der Waals surface area contributed by atoms with Crippen molar-refractivity contribution in [1.82, 2.24) is 9.97 Å². The van der Waals surface area contributed by atoms with E-state index in [9.17, 15) is 0 Å². The molecule has 2 heterocycles. The standard InChI is InChI=1S/C13H17N3S/c1-8-5-4-6-15-12(8)7-11(14)13-9(2)16-10(3)17-13/h4-6,11H,7,14H2,1-3H3. The molecule has 2 aromatic heterocycles. The third-order valence-corrected chi connectivity index (χ3v) is 4.01. The molecule has 0 fully saturated rings. The van der Waals surface area contributed by atoms with Crippen LogP contribution in [0.1, 0.15) is 32.9 Å². The second kappa shape index (κ2) is 4.94. The maximum absolute atomic E-state index is 6.24. The van der Waals surface area contributed by atoms with Crippen LogP contribution in [-0.4, -0.2) is 9.97 Å². The molecule has 17 heavy (non-hydrogen) atoms. The van der Waals surface area contributed by atoms with Crippen LogP contribution >= 0.6 is 11.3 Å². The number of nitrogens with zero attached hydrogens (tertiary/aromatic N) is 2. The SMILES string of the molecule is Cc1nc(C)c(C(N)Cc2ncccc2C)s1. The zero-order valence-electron chi connectivity index (χ0n) is 10.4. The lowest BCUT2D eigenvalue weighted by atomic mass is 10.1. The minimum atomic E-state index is -0.00481. The zero-order valence-corrected chi connectivity index (χ0v) is 11.2. The van der Waals surface area contributed by atoms with Gasteiger partial charge < -0.3 is 5.73 Å². The van der Waals surface area contributed by atoms with Gasteiger partial charge in [0.25, 0.3) is 0 Å². The highest BCUT2D eigenvalue weighted by Gasteiger charge is 2.15. The number of rotatable bonds is 3. The summed E-state index contributed by atoms with van der Waals surface area (Å²) in [6.07, 6.45) is 2.59. The van der Waals surface area contributed by atoms with Crippen molar-refractivity contribution in [1.29, 1.82) is 0 Å². The van der Waals surface area contributed by atoms with Gasteiger partial charge in [-0.05, 0) is 32.4 Å². The third-order valence-electron chi connectivity index (χ3n) is 2.81. The monoisotopic (exact) mass is 247 g/mol. The molecule has 2 rings (SSSR count). The van der Waals surface area contributed by atoms with Gasteiger partial charge in [0.05, 0.1) is 10.7 Å². The molecule has 0 aliphatic carbocycles. The van der Waals surface area contributed by atoms with E-state index in [-0.39, 0.29) is 6.04 Å². The summed E-state index contributed by atoms with van der Waals surface area (Å²) in [4.78, 5) is 9.97. The minimum absolute atomic E-state index is 0.00481. The van der Waals surface area contributed by atoms with Gasteiger partial charge in [0.15, 0.2) is 0 Å². The van der Waals surface area contributed by atoms with Crippen molar-refractivity contribution in [3.8, 4) is 0 Å². The second-order valence-electron chi connectivity index (χ2n) is 4.26. The predicted molar refractivity (Wildman–Crippen MR) is 71.2 cm³/mol. The van der Waals surface area contributed by atoms with Crippen molar-refractivity contribution in [2.45, 2.75) is 33.2 Å². The second-order valence-corrected chi connectivity index (χ2v) is 5.49. The Morgan fingerprint density at radius 1 is 1.35 bits per heavy atom. The molecule has 0 aliphatic rings. The van der Waals surface area contributed by atoms with E-state index in [1.807, 2.05) is 26.1 Å². The number of aromatic nitrogens is 2. The summed E-state index contributed by atoms with van der Waals surface area (Å²) in [5.74, 6) is 0. The zero-order chi connectivity index (χ0) is 12.4. The van der Waals surface area contributed by atoms with E-state index in [1.165, 1.54) is 10.4 Å². The van der Waals surface area contributed by atoms with Gasteiger partial charge in [0.2, 0.25) is 0 Å². The van der Waals surface area contributed by atoms with Crippen LogP contribution in [0, 0.1) is 20.8 Å². The van der Waals surface area contributed by atoms with Gasteiger partial charge in [-0.3, -0.25) is 4.98 Å². The Labute approximate surface area is 106 Å². The van der Waals surface area contributed by atoms with Gasteiger partial charge in [-0.15, -0.1) is 11.3 Å². The predicted octanol–water partition coefficient (Wildman–Crippen LogP) is 2.71. The largest absolute Gasteiger partial charge is 0.323 e. The molecular weight excluding hydrogens is 230 g/mol. The molecule has 0 aliphatic heterocycles. The van der Waals surface area contributed by atoms with Crippen molar-refractivity contribution in [3.05, 3.63) is 45.2 Å². The van der Waals surface area contributed by atoms with Gasteiger partial charge in [0.1, 0.15) is 0 Å². The van der Waals surface area contributed by atoms with Gasteiger partial charge >= 0.3 is 0 Å². The fourth-order valence-corrected chi connectivity index (χ4v) is 2.85. The first-order valence-corrected chi connectivity index (χ1v) is 6.49. The van der Waals surface area contributed by atoms with Crippen LogP contribution in [0.5, 0.6) is 0 Å². The van der Waals surface area contributed by atoms with Crippen molar-refractivity contribution in [2.24, 2.45) is 5.73 Å². The van der Waals surface area contributed by atoms with E-state index < -0.39 is 0 Å². The van der Waals surface area contributed by atoms with Gasteiger partial charge in [-0.2, -0.15) is 0 Å². The highest BCUT2D eigenvalue weighted by atomic mass is 32.1. The molecule has 4 heteroatoms. The first kappa shape index (κ1) is 12.2. The fourth-order valence-electron chi connectivity index (χ4n) is 1.92. The Balaban J connectivity index is 2.20. The lowest BCUT2D eigenvalue weighted by Crippen LogP contribution is -2.14. The molecule has 2 N–H and O–H groups in total. The molecule has 0 saturated heterocycles. The van der Waals surface area contributed by atoms with Crippen LogP contribution < -0.4 is 5.73 Å². The van der Waals surface area contributed by atoms with Crippen LogP contribution in [0.3, 0.4) is 0 Å². The summed E-state index contributed by atoms with van der Waals surface area (Å²) >= 11 is 1.68. The first-order valence-electron chi connectivity index (χ1n) is 5.68. The molecule has 0 spiro atoms. The van der Waals surface area contributed by atoms with E-state index in [0.29, 0.717) is 0 Å². The van der Waals surface area contributed by atoms with Gasteiger partial charge in [-0.1, -0.05) is 6.07 Å². The van der Waals surface area contributed by atoms with Crippen molar-refractivity contribution in [3.63, 3.8) is 0 Å². The molecule has 2 aromatic rings. The van der Waals surface area contributed by atoms with E-state index in [1.54, 1.807) is 11.3 Å². The van der Waals surface area contributed by atoms with E-state index in [2.05, 4.69) is 23.0 Å². The molecule has 0 aromatic carbocycles. The van der Waals surface area contributed by atoms with E-state index >= 15 is 0 Å². The van der Waals surface area contributed by atoms with Crippen LogP contribution in [0.4, 0.5) is 0 Å². The fraction of sp³-hybridized carbons (Fsp3) is 0.385. The Kier molecular flexibility index (Phi) is 3.54. The minimum Gasteiger partial charge on any atom is -0.323 e. The van der Waals surface area contributed by atoms with Crippen molar-refractivity contribution in [2.75, 3.05) is 0 Å². The highest BCUT2D eigenvalue weighted by molar-refractivity contribution is 7.11. The Bertz CT molecular complexity index is 519. The molecule has 3 nitrogen and oxygen atoms in total. The molecule has 0 amide bonds. The molecule has 90 valence electrons. The lowest BCUT2D eigenvalue weighted by molar-refractivity contribution is 0.709. The van der Waals surface area contributed by atoms with Crippen molar-refractivity contribution >= 4 is 11.3 Å². The summed E-state index contributed by atoms with van der Waals surface area (Å²) < 4.78 is 0. The average Bonchev–Trinajstić information content (AvgIpc) is 2.61. The first-order chi connectivity index (χ1) is 8.08. The Morgan fingerprint density at radius 2 is 2.12 bits per heavy atom. The molecule has 1 atom stereocenters. The summed E-state index contributed by atoms with van der Waals surface area (Å²) in [5, 5.41) is 1.07. The van der Waals surface area contributed by atoms with Crippen molar-refractivity contribution < 1.29 is 0 Å². The average molecular weight is 247 g/mol. The van der Waals surface area contributed by atoms with Gasteiger partial charge in [0, 0.05) is 29.2 Å². The summed E-state index contributed by atoms with van der Waals surface area (Å²) in [7, 11) is 0. The van der Waals surface area contributed by atoms with E-state index in [0.717, 1.165) is 22.8 Å². The smallest absolute Gasteiger partial charge is 0.0900 e. The normalized spacial score (nSPS) is 12.7. The molecule has 0 radical (unpaired) electrons. The highest BCUT2D eigenvalue weighted by Crippen LogP contribution is 2.25. The van der Waals surface area contributed by atoms with Crippen LogP contribution in [0.2, 0.25) is 0 Å². The maximum Gasteiger partial charge on any atom is 0.0900 e. The Hall–Kier alpha value is -1.26. The number of pyridine rings is 1. The molecule has 0 bridgehead atoms. The summed E-state index contributed by atoms with van der Waals surface area (Å²) in [5.41, 5.74) is 9.56. The number of nitrogens with two attached hydrogens (primary N) is 1. The number of thiazole rings is 1. The van der Waals surface area contributed by atoms with Crippen LogP contribution in [-0.2, 0) is 6.42 Å². The molecule has 0 saturated carbocycles. The lowest BCUT2D eigenvalue weighted by Gasteiger charge is -2.11. The quantitative estimate of drug-likeness (QED) is 0.907. The van der Waals surface area contributed by atoms with Gasteiger partial charge in [-0.25, -0.2) is 4.98 Å². The summed E-state index contributed by atoms with van der Waals surface area (Å²) in [6, 6.07) is 4.02. The molecular formula is C13H17N3S. The maximum atomic E-state index is 6.24.